The molecule has 0 spiro atoms. The van der Waals surface area contributed by atoms with E-state index in [1.54, 1.807) is 7.11 Å². The second-order valence-corrected chi connectivity index (χ2v) is 5.10. The molecule has 0 unspecified atom stereocenters. The zero-order valence-corrected chi connectivity index (χ0v) is 13.3. The number of hydrogen-bond acceptors (Lipinski definition) is 5. The van der Waals surface area contributed by atoms with Gasteiger partial charge in [-0.25, -0.2) is 9.97 Å². The first-order valence-electron chi connectivity index (χ1n) is 6.31. The average Bonchev–Trinajstić information content (AvgIpc) is 2.43. The molecule has 0 aliphatic carbocycles. The highest BCUT2D eigenvalue weighted by molar-refractivity contribution is 9.10. The molecule has 0 bridgehead atoms. The normalized spacial score (nSPS) is 10.2. The van der Waals surface area contributed by atoms with Gasteiger partial charge in [-0.3, -0.25) is 0 Å². The molecule has 5 nitrogen and oxygen atoms in total. The largest absolute Gasteiger partial charge is 0.490 e. The Balaban J connectivity index is 2.37. The predicted octanol–water partition coefficient (Wildman–Crippen LogP) is 3.73. The molecule has 0 amide bonds. The molecule has 0 aliphatic rings. The first-order valence-corrected chi connectivity index (χ1v) is 7.11. The van der Waals surface area contributed by atoms with Gasteiger partial charge in [0.05, 0.1) is 12.8 Å². The third-order valence-electron chi connectivity index (χ3n) is 2.73. The summed E-state index contributed by atoms with van der Waals surface area (Å²) in [5.74, 6) is 1.91. The van der Waals surface area contributed by atoms with Crippen LogP contribution in [0.15, 0.2) is 29.0 Å². The molecule has 0 atom stereocenters. The number of nitrogens with one attached hydrogen (secondary N) is 2. The highest BCUT2D eigenvalue weighted by Crippen LogP contribution is 2.33. The van der Waals surface area contributed by atoms with Crippen molar-refractivity contribution in [3.8, 4) is 5.75 Å². The molecule has 2 aromatic rings. The number of anilines is 3. The van der Waals surface area contributed by atoms with Gasteiger partial charge in [-0.15, -0.1) is 0 Å². The highest BCUT2D eigenvalue weighted by Gasteiger charge is 2.12. The molecule has 0 saturated carbocycles. The summed E-state index contributed by atoms with van der Waals surface area (Å²) in [4.78, 5) is 8.43. The zero-order valence-electron chi connectivity index (χ0n) is 11.7. The maximum absolute atomic E-state index is 5.41. The monoisotopic (exact) mass is 336 g/mol. The molecular formula is C14H17BrN4O. The fourth-order valence-electron chi connectivity index (χ4n) is 1.81. The third-order valence-corrected chi connectivity index (χ3v) is 3.42. The van der Waals surface area contributed by atoms with Gasteiger partial charge in [0.25, 0.3) is 0 Å². The predicted molar refractivity (Wildman–Crippen MR) is 84.9 cm³/mol. The Kier molecular flexibility index (Phi) is 4.79. The van der Waals surface area contributed by atoms with Crippen molar-refractivity contribution in [2.24, 2.45) is 0 Å². The van der Waals surface area contributed by atoms with Gasteiger partial charge in [0.15, 0.2) is 11.6 Å². The Hall–Kier alpha value is -1.82. The SMILES string of the molecule is CCNc1ncnc(Nc2cc(C)ccc2Br)c1OC. The van der Waals surface area contributed by atoms with Crippen molar-refractivity contribution in [1.82, 2.24) is 9.97 Å². The molecule has 2 rings (SSSR count). The molecular weight excluding hydrogens is 320 g/mol. The van der Waals surface area contributed by atoms with Gasteiger partial charge < -0.3 is 15.4 Å². The summed E-state index contributed by atoms with van der Waals surface area (Å²) in [5, 5.41) is 6.42. The quantitative estimate of drug-likeness (QED) is 0.871. The van der Waals surface area contributed by atoms with Gasteiger partial charge in [-0.05, 0) is 47.5 Å². The van der Waals surface area contributed by atoms with E-state index in [0.717, 1.165) is 22.3 Å². The summed E-state index contributed by atoms with van der Waals surface area (Å²) in [5.41, 5.74) is 2.10. The van der Waals surface area contributed by atoms with E-state index in [0.29, 0.717) is 17.4 Å². The molecule has 2 N–H and O–H groups in total. The van der Waals surface area contributed by atoms with Gasteiger partial charge in [0.1, 0.15) is 6.33 Å². The van der Waals surface area contributed by atoms with Crippen LogP contribution in [0.2, 0.25) is 0 Å². The molecule has 0 fully saturated rings. The fraction of sp³-hybridized carbons (Fsp3) is 0.286. The summed E-state index contributed by atoms with van der Waals surface area (Å²) in [6, 6.07) is 6.08. The van der Waals surface area contributed by atoms with E-state index in [1.807, 2.05) is 32.0 Å². The lowest BCUT2D eigenvalue weighted by molar-refractivity contribution is 0.415. The van der Waals surface area contributed by atoms with Crippen molar-refractivity contribution in [2.75, 3.05) is 24.3 Å². The lowest BCUT2D eigenvalue weighted by atomic mass is 10.2. The van der Waals surface area contributed by atoms with Crippen LogP contribution >= 0.6 is 15.9 Å². The number of aryl methyl sites for hydroxylation is 1. The minimum Gasteiger partial charge on any atom is -0.490 e. The number of aromatic nitrogens is 2. The number of nitrogens with zero attached hydrogens (tertiary/aromatic N) is 2. The van der Waals surface area contributed by atoms with Crippen LogP contribution in [-0.2, 0) is 0 Å². The molecule has 1 aromatic heterocycles. The number of hydrogen-bond donors (Lipinski definition) is 2. The van der Waals surface area contributed by atoms with E-state index in [9.17, 15) is 0 Å². The lowest BCUT2D eigenvalue weighted by Crippen LogP contribution is -2.06. The van der Waals surface area contributed by atoms with Crippen molar-refractivity contribution in [3.63, 3.8) is 0 Å². The highest BCUT2D eigenvalue weighted by atomic mass is 79.9. The molecule has 1 aromatic carbocycles. The average molecular weight is 337 g/mol. The number of methoxy groups -OCH3 is 1. The Bertz CT molecular complexity index is 604. The molecule has 0 saturated heterocycles. The second-order valence-electron chi connectivity index (χ2n) is 4.24. The van der Waals surface area contributed by atoms with Crippen LogP contribution in [-0.4, -0.2) is 23.6 Å². The molecule has 20 heavy (non-hydrogen) atoms. The van der Waals surface area contributed by atoms with Crippen molar-refractivity contribution in [2.45, 2.75) is 13.8 Å². The number of benzene rings is 1. The maximum Gasteiger partial charge on any atom is 0.204 e. The summed E-state index contributed by atoms with van der Waals surface area (Å²) in [6.07, 6.45) is 1.51. The Labute approximate surface area is 126 Å². The Morgan fingerprint density at radius 3 is 2.70 bits per heavy atom. The van der Waals surface area contributed by atoms with Crippen LogP contribution in [0.3, 0.4) is 0 Å². The molecule has 0 radical (unpaired) electrons. The molecule has 6 heteroatoms. The zero-order chi connectivity index (χ0) is 14.5. The number of rotatable bonds is 5. The summed E-state index contributed by atoms with van der Waals surface area (Å²) >= 11 is 3.52. The van der Waals surface area contributed by atoms with Gasteiger partial charge in [-0.2, -0.15) is 0 Å². The minimum absolute atomic E-state index is 0.600. The van der Waals surface area contributed by atoms with Gasteiger partial charge in [0, 0.05) is 11.0 Å². The number of ether oxygens (including phenoxy) is 1. The van der Waals surface area contributed by atoms with E-state index < -0.39 is 0 Å². The van der Waals surface area contributed by atoms with E-state index in [4.69, 9.17) is 4.74 Å². The van der Waals surface area contributed by atoms with Crippen LogP contribution in [0, 0.1) is 6.92 Å². The third kappa shape index (κ3) is 3.19. The van der Waals surface area contributed by atoms with E-state index >= 15 is 0 Å². The minimum atomic E-state index is 0.600. The molecule has 1 heterocycles. The Morgan fingerprint density at radius 1 is 1.25 bits per heavy atom. The van der Waals surface area contributed by atoms with Crippen LogP contribution in [0.5, 0.6) is 5.75 Å². The second kappa shape index (κ2) is 6.56. The van der Waals surface area contributed by atoms with E-state index in [1.165, 1.54) is 6.33 Å². The van der Waals surface area contributed by atoms with Crippen molar-refractivity contribution in [1.29, 1.82) is 0 Å². The van der Waals surface area contributed by atoms with E-state index in [2.05, 4.69) is 36.5 Å². The smallest absolute Gasteiger partial charge is 0.204 e. The van der Waals surface area contributed by atoms with Gasteiger partial charge >= 0.3 is 0 Å². The summed E-state index contributed by atoms with van der Waals surface area (Å²) in [7, 11) is 1.61. The lowest BCUT2D eigenvalue weighted by Gasteiger charge is -2.14. The maximum atomic E-state index is 5.41. The fourth-order valence-corrected chi connectivity index (χ4v) is 2.16. The van der Waals surface area contributed by atoms with E-state index in [-0.39, 0.29) is 0 Å². The summed E-state index contributed by atoms with van der Waals surface area (Å²) < 4.78 is 6.37. The first-order chi connectivity index (χ1) is 9.65. The summed E-state index contributed by atoms with van der Waals surface area (Å²) in [6.45, 7) is 4.81. The molecule has 106 valence electrons. The number of halogens is 1. The molecule has 0 aliphatic heterocycles. The Morgan fingerprint density at radius 2 is 2.00 bits per heavy atom. The van der Waals surface area contributed by atoms with Crippen LogP contribution in [0.25, 0.3) is 0 Å². The van der Waals surface area contributed by atoms with Crippen LogP contribution in [0.4, 0.5) is 17.3 Å². The first kappa shape index (κ1) is 14.6. The van der Waals surface area contributed by atoms with Gasteiger partial charge in [-0.1, -0.05) is 6.07 Å². The van der Waals surface area contributed by atoms with Gasteiger partial charge in [0.2, 0.25) is 5.75 Å². The van der Waals surface area contributed by atoms with Crippen molar-refractivity contribution < 1.29 is 4.74 Å². The van der Waals surface area contributed by atoms with Crippen molar-refractivity contribution in [3.05, 3.63) is 34.6 Å². The van der Waals surface area contributed by atoms with Crippen LogP contribution in [0.1, 0.15) is 12.5 Å². The van der Waals surface area contributed by atoms with Crippen molar-refractivity contribution >= 4 is 33.3 Å². The van der Waals surface area contributed by atoms with Crippen LogP contribution < -0.4 is 15.4 Å². The topological polar surface area (TPSA) is 59.1 Å². The standard InChI is InChI=1S/C14H17BrN4O/c1-4-16-13-12(20-3)14(18-8-17-13)19-11-7-9(2)5-6-10(11)15/h5-8H,4H2,1-3H3,(H2,16,17,18,19).